The second kappa shape index (κ2) is 6.79. The molecule has 2 heterocycles. The van der Waals surface area contributed by atoms with Crippen LogP contribution in [0, 0.1) is 0 Å². The number of hydrogen-bond donors (Lipinski definition) is 0. The average molecular weight is 337 g/mol. The van der Waals surface area contributed by atoms with Crippen molar-refractivity contribution >= 4 is 5.91 Å². The van der Waals surface area contributed by atoms with E-state index in [4.69, 9.17) is 9.47 Å². The van der Waals surface area contributed by atoms with E-state index in [0.29, 0.717) is 19.5 Å². The van der Waals surface area contributed by atoms with Gasteiger partial charge in [-0.25, -0.2) is 0 Å². The molecule has 1 amide bonds. The second-order valence-electron chi connectivity index (χ2n) is 6.88. The number of carbonyl (C=O) groups is 1. The summed E-state index contributed by atoms with van der Waals surface area (Å²) in [5.74, 6) is 1.99. The Hall–Kier alpha value is -2.49. The molecule has 25 heavy (non-hydrogen) atoms. The number of fused-ring (bicyclic) bond motifs is 2. The molecule has 1 atom stereocenters. The minimum absolute atomic E-state index is 0.00969. The third-order valence-electron chi connectivity index (χ3n) is 4.82. The predicted molar refractivity (Wildman–Crippen MR) is 95.9 cm³/mol. The van der Waals surface area contributed by atoms with Crippen LogP contribution < -0.4 is 9.47 Å². The van der Waals surface area contributed by atoms with Crippen LogP contribution in [0.2, 0.25) is 0 Å². The van der Waals surface area contributed by atoms with Gasteiger partial charge in [0, 0.05) is 12.1 Å². The number of rotatable bonds is 2. The van der Waals surface area contributed by atoms with Crippen LogP contribution in [0.5, 0.6) is 11.5 Å². The number of para-hydroxylation sites is 1. The zero-order valence-corrected chi connectivity index (χ0v) is 14.5. The third-order valence-corrected chi connectivity index (χ3v) is 4.82. The van der Waals surface area contributed by atoms with Crippen LogP contribution in [0.1, 0.15) is 30.0 Å². The van der Waals surface area contributed by atoms with Gasteiger partial charge in [-0.1, -0.05) is 30.3 Å². The maximum Gasteiger partial charge on any atom is 0.227 e. The van der Waals surface area contributed by atoms with E-state index < -0.39 is 0 Å². The number of amides is 1. The first-order chi connectivity index (χ1) is 12.2. The Morgan fingerprint density at radius 1 is 1.16 bits per heavy atom. The Labute approximate surface area is 148 Å². The highest BCUT2D eigenvalue weighted by Crippen LogP contribution is 2.27. The quantitative estimate of drug-likeness (QED) is 0.843. The molecule has 0 bridgehead atoms. The SMILES string of the molecule is CC1CN(C(=O)Cc2ccc3c(c2)CCCO3)Cc2ccccc2O1. The largest absolute Gasteiger partial charge is 0.493 e. The van der Waals surface area contributed by atoms with Gasteiger partial charge < -0.3 is 14.4 Å². The highest BCUT2D eigenvalue weighted by atomic mass is 16.5. The molecule has 0 N–H and O–H groups in total. The van der Waals surface area contributed by atoms with Crippen molar-refractivity contribution in [2.24, 2.45) is 0 Å². The fraction of sp³-hybridized carbons (Fsp3) is 0.381. The van der Waals surface area contributed by atoms with Crippen LogP contribution in [-0.2, 0) is 24.2 Å². The number of hydrogen-bond acceptors (Lipinski definition) is 3. The summed E-state index contributed by atoms with van der Waals surface area (Å²) in [4.78, 5) is 14.8. The van der Waals surface area contributed by atoms with E-state index >= 15 is 0 Å². The first-order valence-electron chi connectivity index (χ1n) is 8.96. The molecule has 2 aliphatic rings. The number of benzene rings is 2. The van der Waals surface area contributed by atoms with Gasteiger partial charge >= 0.3 is 0 Å². The van der Waals surface area contributed by atoms with Crippen molar-refractivity contribution in [1.29, 1.82) is 0 Å². The molecule has 4 heteroatoms. The highest BCUT2D eigenvalue weighted by molar-refractivity contribution is 5.79. The Bertz CT molecular complexity index is 786. The van der Waals surface area contributed by atoms with Gasteiger partial charge in [0.2, 0.25) is 5.91 Å². The highest BCUT2D eigenvalue weighted by Gasteiger charge is 2.24. The lowest BCUT2D eigenvalue weighted by atomic mass is 10.0. The summed E-state index contributed by atoms with van der Waals surface area (Å²) in [7, 11) is 0. The van der Waals surface area contributed by atoms with E-state index in [1.54, 1.807) is 0 Å². The molecule has 0 saturated carbocycles. The van der Waals surface area contributed by atoms with Gasteiger partial charge in [0.15, 0.2) is 0 Å². The summed E-state index contributed by atoms with van der Waals surface area (Å²) in [5.41, 5.74) is 3.34. The maximum atomic E-state index is 12.9. The van der Waals surface area contributed by atoms with E-state index in [1.807, 2.05) is 48.2 Å². The summed E-state index contributed by atoms with van der Waals surface area (Å²) in [6.07, 6.45) is 2.48. The van der Waals surface area contributed by atoms with Crippen LogP contribution >= 0.6 is 0 Å². The Morgan fingerprint density at radius 2 is 2.04 bits per heavy atom. The second-order valence-corrected chi connectivity index (χ2v) is 6.88. The molecule has 2 aromatic rings. The molecule has 130 valence electrons. The van der Waals surface area contributed by atoms with Crippen molar-refractivity contribution in [3.05, 3.63) is 59.2 Å². The zero-order valence-electron chi connectivity index (χ0n) is 14.5. The summed E-state index contributed by atoms with van der Waals surface area (Å²) in [6, 6.07) is 14.1. The molecular formula is C21H23NO3. The lowest BCUT2D eigenvalue weighted by molar-refractivity contribution is -0.131. The van der Waals surface area contributed by atoms with Crippen LogP contribution in [-0.4, -0.2) is 30.1 Å². The van der Waals surface area contributed by atoms with Crippen molar-refractivity contribution in [2.45, 2.75) is 38.8 Å². The fourth-order valence-electron chi connectivity index (χ4n) is 3.58. The summed E-state index contributed by atoms with van der Waals surface area (Å²) < 4.78 is 11.6. The normalized spacial score (nSPS) is 19.1. The van der Waals surface area contributed by atoms with Crippen molar-refractivity contribution < 1.29 is 14.3 Å². The molecule has 0 spiro atoms. The van der Waals surface area contributed by atoms with E-state index in [9.17, 15) is 4.79 Å². The Morgan fingerprint density at radius 3 is 2.96 bits per heavy atom. The molecule has 2 aromatic carbocycles. The molecule has 0 radical (unpaired) electrons. The molecule has 0 aromatic heterocycles. The van der Waals surface area contributed by atoms with Crippen LogP contribution in [0.3, 0.4) is 0 Å². The van der Waals surface area contributed by atoms with Crippen molar-refractivity contribution in [2.75, 3.05) is 13.2 Å². The topological polar surface area (TPSA) is 38.8 Å². The van der Waals surface area contributed by atoms with E-state index in [0.717, 1.165) is 42.1 Å². The van der Waals surface area contributed by atoms with Gasteiger partial charge in [-0.3, -0.25) is 4.79 Å². The molecule has 0 fully saturated rings. The van der Waals surface area contributed by atoms with Gasteiger partial charge in [-0.15, -0.1) is 0 Å². The molecule has 0 saturated heterocycles. The van der Waals surface area contributed by atoms with E-state index in [2.05, 4.69) is 6.07 Å². The lowest BCUT2D eigenvalue weighted by Crippen LogP contribution is -2.37. The lowest BCUT2D eigenvalue weighted by Gasteiger charge is -2.23. The van der Waals surface area contributed by atoms with Gasteiger partial charge in [0.1, 0.15) is 17.6 Å². The number of ether oxygens (including phenoxy) is 2. The molecule has 4 nitrogen and oxygen atoms in total. The van der Waals surface area contributed by atoms with Gasteiger partial charge in [0.05, 0.1) is 19.6 Å². The zero-order chi connectivity index (χ0) is 17.2. The number of carbonyl (C=O) groups excluding carboxylic acids is 1. The summed E-state index contributed by atoms with van der Waals surface area (Å²) in [5, 5.41) is 0. The molecule has 1 unspecified atom stereocenters. The minimum Gasteiger partial charge on any atom is -0.493 e. The average Bonchev–Trinajstić information content (AvgIpc) is 2.79. The standard InChI is InChI=1S/C21H23NO3/c1-15-13-22(14-18-5-2-3-7-20(18)25-15)21(23)12-16-8-9-19-17(11-16)6-4-10-24-19/h2-3,5,7-9,11,15H,4,6,10,12-14H2,1H3. The van der Waals surface area contributed by atoms with Gasteiger partial charge in [-0.05, 0) is 43.0 Å². The van der Waals surface area contributed by atoms with Crippen molar-refractivity contribution in [3.63, 3.8) is 0 Å². The summed E-state index contributed by atoms with van der Waals surface area (Å²) in [6.45, 7) is 4.02. The van der Waals surface area contributed by atoms with Crippen LogP contribution in [0.15, 0.2) is 42.5 Å². The van der Waals surface area contributed by atoms with Crippen LogP contribution in [0.4, 0.5) is 0 Å². The van der Waals surface area contributed by atoms with Gasteiger partial charge in [0.25, 0.3) is 0 Å². The molecular weight excluding hydrogens is 314 g/mol. The predicted octanol–water partition coefficient (Wildman–Crippen LogP) is 3.36. The Balaban J connectivity index is 1.51. The maximum absolute atomic E-state index is 12.9. The molecule has 4 rings (SSSR count). The number of aryl methyl sites for hydroxylation is 1. The first kappa shape index (κ1) is 16.0. The minimum atomic E-state index is -0.00969. The smallest absolute Gasteiger partial charge is 0.227 e. The van der Waals surface area contributed by atoms with Crippen molar-refractivity contribution in [1.82, 2.24) is 4.90 Å². The van der Waals surface area contributed by atoms with Gasteiger partial charge in [-0.2, -0.15) is 0 Å². The molecule has 0 aliphatic carbocycles. The molecule has 2 aliphatic heterocycles. The van der Waals surface area contributed by atoms with Crippen molar-refractivity contribution in [3.8, 4) is 11.5 Å². The Kier molecular flexibility index (Phi) is 4.35. The third kappa shape index (κ3) is 3.48. The fourth-order valence-corrected chi connectivity index (χ4v) is 3.58. The monoisotopic (exact) mass is 337 g/mol. The summed E-state index contributed by atoms with van der Waals surface area (Å²) >= 11 is 0. The van der Waals surface area contributed by atoms with E-state index in [1.165, 1.54) is 5.56 Å². The number of nitrogens with zero attached hydrogens (tertiary/aromatic N) is 1. The van der Waals surface area contributed by atoms with Crippen LogP contribution in [0.25, 0.3) is 0 Å². The van der Waals surface area contributed by atoms with E-state index in [-0.39, 0.29) is 12.0 Å². The first-order valence-corrected chi connectivity index (χ1v) is 8.96.